The third kappa shape index (κ3) is 3.48. The molecular formula is C25H28N6O. The Kier molecular flexibility index (Phi) is 5.27. The van der Waals surface area contributed by atoms with Gasteiger partial charge in [0.05, 0.1) is 22.8 Å². The number of fused-ring (bicyclic) bond motifs is 2. The Morgan fingerprint density at radius 3 is 2.69 bits per heavy atom. The first-order chi connectivity index (χ1) is 15.5. The number of aromatic nitrogens is 4. The maximum atomic E-state index is 6.38. The van der Waals surface area contributed by atoms with Crippen molar-refractivity contribution in [1.29, 1.82) is 0 Å². The molecule has 7 nitrogen and oxygen atoms in total. The summed E-state index contributed by atoms with van der Waals surface area (Å²) < 4.78 is 8.33. The fourth-order valence-corrected chi connectivity index (χ4v) is 4.52. The number of ether oxygens (including phenoxy) is 1. The number of hydrogen-bond acceptors (Lipinski definition) is 6. The van der Waals surface area contributed by atoms with E-state index >= 15 is 0 Å². The van der Waals surface area contributed by atoms with Crippen LogP contribution >= 0.6 is 0 Å². The van der Waals surface area contributed by atoms with E-state index in [2.05, 4.69) is 46.7 Å². The predicted octanol–water partition coefficient (Wildman–Crippen LogP) is 3.76. The van der Waals surface area contributed by atoms with Crippen molar-refractivity contribution in [1.82, 2.24) is 25.3 Å². The third-order valence-electron chi connectivity index (χ3n) is 6.12. The summed E-state index contributed by atoms with van der Waals surface area (Å²) in [6.07, 6.45) is 1.05. The van der Waals surface area contributed by atoms with Crippen LogP contribution in [0.4, 0.5) is 5.82 Å². The maximum absolute atomic E-state index is 6.38. The Morgan fingerprint density at radius 1 is 1.06 bits per heavy atom. The van der Waals surface area contributed by atoms with Crippen molar-refractivity contribution in [2.45, 2.75) is 26.3 Å². The summed E-state index contributed by atoms with van der Waals surface area (Å²) in [7, 11) is 3.92. The van der Waals surface area contributed by atoms with E-state index in [0.717, 1.165) is 52.5 Å². The first kappa shape index (κ1) is 20.5. The van der Waals surface area contributed by atoms with Gasteiger partial charge in [-0.2, -0.15) is 10.2 Å². The van der Waals surface area contributed by atoms with Gasteiger partial charge in [0.2, 0.25) is 0 Å². The van der Waals surface area contributed by atoms with Gasteiger partial charge in [-0.3, -0.25) is 0 Å². The zero-order valence-corrected chi connectivity index (χ0v) is 19.0. The lowest BCUT2D eigenvalue weighted by atomic mass is 9.95. The summed E-state index contributed by atoms with van der Waals surface area (Å²) in [4.78, 5) is 1.94. The molecule has 0 saturated carbocycles. The van der Waals surface area contributed by atoms with Crippen LogP contribution in [0.1, 0.15) is 28.6 Å². The van der Waals surface area contributed by atoms with Crippen LogP contribution in [0, 0.1) is 13.8 Å². The molecule has 2 aromatic heterocycles. The number of para-hydroxylation sites is 2. The van der Waals surface area contributed by atoms with Gasteiger partial charge in [0.25, 0.3) is 0 Å². The number of nitrogens with zero attached hydrogens (tertiary/aromatic N) is 5. The highest BCUT2D eigenvalue weighted by molar-refractivity contribution is 5.92. The maximum Gasteiger partial charge on any atom is 0.179 e. The van der Waals surface area contributed by atoms with E-state index in [9.17, 15) is 0 Å². The smallest absolute Gasteiger partial charge is 0.179 e. The second-order valence-corrected chi connectivity index (χ2v) is 8.46. The van der Waals surface area contributed by atoms with Crippen molar-refractivity contribution in [3.8, 4) is 11.4 Å². The van der Waals surface area contributed by atoms with Crippen LogP contribution in [0.5, 0.6) is 5.75 Å². The molecule has 32 heavy (non-hydrogen) atoms. The normalized spacial score (nSPS) is 15.6. The zero-order chi connectivity index (χ0) is 22.2. The second-order valence-electron chi connectivity index (χ2n) is 8.46. The first-order valence-electron chi connectivity index (χ1n) is 11.0. The number of nitrogens with one attached hydrogen (secondary N) is 1. The minimum atomic E-state index is 0.168. The Balaban J connectivity index is 1.51. The summed E-state index contributed by atoms with van der Waals surface area (Å²) in [5.74, 6) is 1.56. The summed E-state index contributed by atoms with van der Waals surface area (Å²) in [5, 5.41) is 18.3. The Morgan fingerprint density at radius 2 is 1.84 bits per heavy atom. The topological polar surface area (TPSA) is 68.1 Å². The molecule has 1 atom stereocenters. The summed E-state index contributed by atoms with van der Waals surface area (Å²) >= 11 is 0. The van der Waals surface area contributed by atoms with Crippen LogP contribution in [-0.2, 0) is 6.42 Å². The molecule has 0 saturated heterocycles. The lowest BCUT2D eigenvalue weighted by Gasteiger charge is -2.27. The Bertz CT molecular complexity index is 1280. The van der Waals surface area contributed by atoms with Crippen molar-refractivity contribution >= 4 is 16.7 Å². The van der Waals surface area contributed by atoms with Crippen LogP contribution in [0.15, 0.2) is 48.5 Å². The average molecular weight is 429 g/mol. The van der Waals surface area contributed by atoms with E-state index in [4.69, 9.17) is 9.84 Å². The molecule has 164 valence electrons. The molecular weight excluding hydrogens is 400 g/mol. The largest absolute Gasteiger partial charge is 0.489 e. The van der Waals surface area contributed by atoms with E-state index in [0.29, 0.717) is 6.61 Å². The van der Waals surface area contributed by atoms with Crippen LogP contribution < -0.4 is 15.0 Å². The molecule has 0 radical (unpaired) electrons. The van der Waals surface area contributed by atoms with Gasteiger partial charge < -0.3 is 15.0 Å². The first-order valence-corrected chi connectivity index (χ1v) is 11.0. The van der Waals surface area contributed by atoms with E-state index in [1.807, 2.05) is 54.9 Å². The number of aryl methyl sites for hydroxylation is 2. The van der Waals surface area contributed by atoms with Gasteiger partial charge in [0.15, 0.2) is 5.82 Å². The monoisotopic (exact) mass is 428 g/mol. The predicted molar refractivity (Wildman–Crippen MR) is 127 cm³/mol. The molecule has 0 spiro atoms. The molecule has 1 aliphatic heterocycles. The SMILES string of the molecule is Cc1nnc(N(C)C)c2nn(-c3ccccc3OCC3NCCc4ccccc43)c(C)c12. The lowest BCUT2D eigenvalue weighted by molar-refractivity contribution is 0.260. The molecule has 5 rings (SSSR count). The quantitative estimate of drug-likeness (QED) is 0.522. The van der Waals surface area contributed by atoms with Gasteiger partial charge >= 0.3 is 0 Å². The molecule has 1 aliphatic rings. The van der Waals surface area contributed by atoms with Crippen LogP contribution in [0.2, 0.25) is 0 Å². The highest BCUT2D eigenvalue weighted by Crippen LogP contribution is 2.32. The Hall–Kier alpha value is -3.45. The fourth-order valence-electron chi connectivity index (χ4n) is 4.52. The van der Waals surface area contributed by atoms with Crippen molar-refractivity contribution in [2.24, 2.45) is 0 Å². The number of benzene rings is 2. The van der Waals surface area contributed by atoms with E-state index in [1.54, 1.807) is 0 Å². The lowest BCUT2D eigenvalue weighted by Crippen LogP contribution is -2.33. The van der Waals surface area contributed by atoms with Gasteiger partial charge in [0.1, 0.15) is 23.6 Å². The summed E-state index contributed by atoms with van der Waals surface area (Å²) in [6, 6.07) is 16.8. The van der Waals surface area contributed by atoms with Crippen molar-refractivity contribution < 1.29 is 4.74 Å². The van der Waals surface area contributed by atoms with Gasteiger partial charge in [0, 0.05) is 14.1 Å². The van der Waals surface area contributed by atoms with Gasteiger partial charge in [-0.25, -0.2) is 4.68 Å². The number of anilines is 1. The van der Waals surface area contributed by atoms with E-state index in [1.165, 1.54) is 11.1 Å². The zero-order valence-electron chi connectivity index (χ0n) is 19.0. The average Bonchev–Trinajstić information content (AvgIpc) is 3.15. The number of rotatable bonds is 5. The highest BCUT2D eigenvalue weighted by Gasteiger charge is 2.22. The third-order valence-corrected chi connectivity index (χ3v) is 6.12. The van der Waals surface area contributed by atoms with E-state index in [-0.39, 0.29) is 6.04 Å². The summed E-state index contributed by atoms with van der Waals surface area (Å²) in [6.45, 7) is 5.56. The van der Waals surface area contributed by atoms with E-state index < -0.39 is 0 Å². The van der Waals surface area contributed by atoms with Crippen LogP contribution in [-0.4, -0.2) is 47.2 Å². The second kappa shape index (κ2) is 8.24. The highest BCUT2D eigenvalue weighted by atomic mass is 16.5. The minimum Gasteiger partial charge on any atom is -0.489 e. The molecule has 3 heterocycles. The van der Waals surface area contributed by atoms with Crippen LogP contribution in [0.3, 0.4) is 0 Å². The molecule has 0 aliphatic carbocycles. The molecule has 0 bridgehead atoms. The van der Waals surface area contributed by atoms with Gasteiger partial charge in [-0.05, 0) is 50.1 Å². The van der Waals surface area contributed by atoms with Crippen LogP contribution in [0.25, 0.3) is 16.6 Å². The standard InChI is InChI=1S/C25H28N6O/c1-16-23-17(2)31(29-24(23)25(28-27-16)30(3)4)21-11-7-8-12-22(21)32-15-20-19-10-6-5-9-18(19)13-14-26-20/h5-12,20,26H,13-15H2,1-4H3. The molecule has 0 amide bonds. The van der Waals surface area contributed by atoms with Gasteiger partial charge in [-0.1, -0.05) is 36.4 Å². The Labute approximate surface area is 188 Å². The molecule has 1 N–H and O–H groups in total. The van der Waals surface area contributed by atoms with Crippen molar-refractivity contribution in [3.05, 3.63) is 71.0 Å². The molecule has 2 aromatic carbocycles. The van der Waals surface area contributed by atoms with Gasteiger partial charge in [-0.15, -0.1) is 5.10 Å². The molecule has 1 unspecified atom stereocenters. The van der Waals surface area contributed by atoms with Crippen molar-refractivity contribution in [3.63, 3.8) is 0 Å². The number of hydrogen-bond donors (Lipinski definition) is 1. The minimum absolute atomic E-state index is 0.168. The summed E-state index contributed by atoms with van der Waals surface area (Å²) in [5.41, 5.74) is 6.37. The van der Waals surface area contributed by atoms with Crippen molar-refractivity contribution in [2.75, 3.05) is 32.1 Å². The fraction of sp³-hybridized carbons (Fsp3) is 0.320. The molecule has 4 aromatic rings. The molecule has 0 fully saturated rings. The molecule has 7 heteroatoms.